The summed E-state index contributed by atoms with van der Waals surface area (Å²) in [6.45, 7) is 3.03. The molecule has 2 aliphatic heterocycles. The van der Waals surface area contributed by atoms with Gasteiger partial charge >= 0.3 is 0 Å². The van der Waals surface area contributed by atoms with Gasteiger partial charge in [-0.25, -0.2) is 0 Å². The van der Waals surface area contributed by atoms with E-state index in [1.54, 1.807) is 0 Å². The Hall–Kier alpha value is -1.06. The summed E-state index contributed by atoms with van der Waals surface area (Å²) in [4.78, 5) is 0. The largest absolute Gasteiger partial charge is 0.487 e. The summed E-state index contributed by atoms with van der Waals surface area (Å²) in [6.07, 6.45) is 6.10. The molecule has 0 amide bonds. The second-order valence-corrected chi connectivity index (χ2v) is 6.54. The predicted octanol–water partition coefficient (Wildman–Crippen LogP) is 3.06. The topological polar surface area (TPSA) is 30.5 Å². The first-order valence-electron chi connectivity index (χ1n) is 7.95. The predicted molar refractivity (Wildman–Crippen MR) is 77.9 cm³/mol. The van der Waals surface area contributed by atoms with Crippen molar-refractivity contribution in [2.75, 3.05) is 19.7 Å². The third kappa shape index (κ3) is 2.45. The first-order valence-corrected chi connectivity index (χ1v) is 7.95. The standard InChI is InChI=1S/C17H23NO2/c1-2-4-15-14(3-1)16(19-12-13-5-6-13)11-17(20-15)7-9-18-10-8-17/h1-4,13,16,18H,5-12H2. The molecular weight excluding hydrogens is 250 g/mol. The van der Waals surface area contributed by atoms with Crippen molar-refractivity contribution in [3.63, 3.8) is 0 Å². The molecule has 0 aromatic heterocycles. The lowest BCUT2D eigenvalue weighted by atomic mass is 9.82. The van der Waals surface area contributed by atoms with Gasteiger partial charge in [0, 0.05) is 12.0 Å². The van der Waals surface area contributed by atoms with Gasteiger partial charge in [-0.1, -0.05) is 18.2 Å². The van der Waals surface area contributed by atoms with E-state index in [1.807, 2.05) is 0 Å². The smallest absolute Gasteiger partial charge is 0.125 e. The minimum atomic E-state index is -0.00613. The Morgan fingerprint density at radius 2 is 2.00 bits per heavy atom. The molecular formula is C17H23NO2. The number of ether oxygens (including phenoxy) is 2. The van der Waals surface area contributed by atoms with Gasteiger partial charge in [-0.2, -0.15) is 0 Å². The molecule has 1 aromatic rings. The summed E-state index contributed by atoms with van der Waals surface area (Å²) in [5, 5.41) is 3.43. The molecule has 1 N–H and O–H groups in total. The molecule has 0 bridgehead atoms. The first kappa shape index (κ1) is 12.7. The van der Waals surface area contributed by atoms with Crippen LogP contribution in [0.4, 0.5) is 0 Å². The van der Waals surface area contributed by atoms with Crippen LogP contribution < -0.4 is 10.1 Å². The van der Waals surface area contributed by atoms with E-state index in [1.165, 1.54) is 18.4 Å². The van der Waals surface area contributed by atoms with E-state index in [0.29, 0.717) is 0 Å². The molecule has 1 saturated carbocycles. The van der Waals surface area contributed by atoms with Crippen molar-refractivity contribution in [2.45, 2.75) is 43.8 Å². The summed E-state index contributed by atoms with van der Waals surface area (Å²) in [6, 6.07) is 8.43. The molecule has 1 aromatic carbocycles. The minimum absolute atomic E-state index is 0.00613. The molecule has 1 aliphatic carbocycles. The van der Waals surface area contributed by atoms with Crippen LogP contribution in [0, 0.1) is 5.92 Å². The normalized spacial score (nSPS) is 27.9. The summed E-state index contributed by atoms with van der Waals surface area (Å²) in [7, 11) is 0. The van der Waals surface area contributed by atoms with E-state index in [-0.39, 0.29) is 11.7 Å². The van der Waals surface area contributed by atoms with E-state index in [0.717, 1.165) is 50.6 Å². The number of hydrogen-bond donors (Lipinski definition) is 1. The highest BCUT2D eigenvalue weighted by molar-refractivity contribution is 5.38. The van der Waals surface area contributed by atoms with Gasteiger partial charge in [0.05, 0.1) is 12.7 Å². The van der Waals surface area contributed by atoms with Crippen molar-refractivity contribution in [1.29, 1.82) is 0 Å². The molecule has 4 rings (SSSR count). The van der Waals surface area contributed by atoms with E-state index in [9.17, 15) is 0 Å². The molecule has 1 unspecified atom stereocenters. The van der Waals surface area contributed by atoms with Crippen LogP contribution in [0.5, 0.6) is 5.75 Å². The van der Waals surface area contributed by atoms with Gasteiger partial charge in [0.1, 0.15) is 11.4 Å². The Balaban J connectivity index is 1.58. The van der Waals surface area contributed by atoms with Crippen molar-refractivity contribution in [2.24, 2.45) is 5.92 Å². The molecule has 2 heterocycles. The van der Waals surface area contributed by atoms with Gasteiger partial charge in [-0.05, 0) is 50.8 Å². The molecule has 3 aliphatic rings. The quantitative estimate of drug-likeness (QED) is 0.918. The molecule has 1 saturated heterocycles. The fourth-order valence-electron chi connectivity index (χ4n) is 3.44. The third-order valence-corrected chi connectivity index (χ3v) is 4.89. The SMILES string of the molecule is c1ccc2c(c1)OC1(CCNCC1)CC2OCC1CC1. The summed E-state index contributed by atoms with van der Waals surface area (Å²) >= 11 is 0. The van der Waals surface area contributed by atoms with Crippen molar-refractivity contribution in [1.82, 2.24) is 5.32 Å². The molecule has 20 heavy (non-hydrogen) atoms. The minimum Gasteiger partial charge on any atom is -0.487 e. The van der Waals surface area contributed by atoms with Crippen LogP contribution in [-0.4, -0.2) is 25.3 Å². The maximum Gasteiger partial charge on any atom is 0.125 e. The van der Waals surface area contributed by atoms with Crippen LogP contribution >= 0.6 is 0 Å². The van der Waals surface area contributed by atoms with Crippen molar-refractivity contribution < 1.29 is 9.47 Å². The van der Waals surface area contributed by atoms with Gasteiger partial charge in [-0.3, -0.25) is 0 Å². The molecule has 3 heteroatoms. The van der Waals surface area contributed by atoms with Crippen LogP contribution in [0.2, 0.25) is 0 Å². The highest BCUT2D eigenvalue weighted by atomic mass is 16.5. The fourth-order valence-corrected chi connectivity index (χ4v) is 3.44. The molecule has 108 valence electrons. The maximum atomic E-state index is 6.39. The Bertz CT molecular complexity index is 478. The van der Waals surface area contributed by atoms with Crippen molar-refractivity contribution in [3.05, 3.63) is 29.8 Å². The van der Waals surface area contributed by atoms with Crippen molar-refractivity contribution >= 4 is 0 Å². The molecule has 3 nitrogen and oxygen atoms in total. The number of piperidine rings is 1. The molecule has 1 atom stereocenters. The Morgan fingerprint density at radius 3 is 2.80 bits per heavy atom. The lowest BCUT2D eigenvalue weighted by Gasteiger charge is -2.44. The Morgan fingerprint density at radius 1 is 1.20 bits per heavy atom. The van der Waals surface area contributed by atoms with Crippen LogP contribution in [-0.2, 0) is 4.74 Å². The average molecular weight is 273 g/mol. The van der Waals surface area contributed by atoms with E-state index in [2.05, 4.69) is 29.6 Å². The second-order valence-electron chi connectivity index (χ2n) is 6.54. The number of nitrogens with one attached hydrogen (secondary N) is 1. The monoisotopic (exact) mass is 273 g/mol. The van der Waals surface area contributed by atoms with E-state index >= 15 is 0 Å². The van der Waals surface area contributed by atoms with Crippen LogP contribution in [0.1, 0.15) is 43.8 Å². The lowest BCUT2D eigenvalue weighted by molar-refractivity contribution is -0.0640. The Kier molecular flexibility index (Phi) is 3.20. The number of benzene rings is 1. The number of para-hydroxylation sites is 1. The van der Waals surface area contributed by atoms with Crippen LogP contribution in [0.15, 0.2) is 24.3 Å². The molecule has 2 fully saturated rings. The van der Waals surface area contributed by atoms with E-state index < -0.39 is 0 Å². The summed E-state index contributed by atoms with van der Waals surface area (Å²) in [5.41, 5.74) is 1.24. The van der Waals surface area contributed by atoms with E-state index in [4.69, 9.17) is 9.47 Å². The average Bonchev–Trinajstić information content (AvgIpc) is 3.30. The zero-order valence-electron chi connectivity index (χ0n) is 11.9. The lowest BCUT2D eigenvalue weighted by Crippen LogP contribution is -2.49. The summed E-state index contributed by atoms with van der Waals surface area (Å²) in [5.74, 6) is 1.86. The van der Waals surface area contributed by atoms with Gasteiger partial charge in [0.25, 0.3) is 0 Å². The van der Waals surface area contributed by atoms with Crippen LogP contribution in [0.25, 0.3) is 0 Å². The van der Waals surface area contributed by atoms with Crippen molar-refractivity contribution in [3.8, 4) is 5.75 Å². The van der Waals surface area contributed by atoms with Gasteiger partial charge in [0.15, 0.2) is 0 Å². The first-order chi connectivity index (χ1) is 9.85. The van der Waals surface area contributed by atoms with Gasteiger partial charge in [-0.15, -0.1) is 0 Å². The fraction of sp³-hybridized carbons (Fsp3) is 0.647. The highest BCUT2D eigenvalue weighted by Crippen LogP contribution is 2.45. The zero-order valence-corrected chi connectivity index (χ0v) is 11.9. The zero-order chi connectivity index (χ0) is 13.4. The molecule has 0 radical (unpaired) electrons. The van der Waals surface area contributed by atoms with Gasteiger partial charge in [0.2, 0.25) is 0 Å². The summed E-state index contributed by atoms with van der Waals surface area (Å²) < 4.78 is 12.7. The van der Waals surface area contributed by atoms with Gasteiger partial charge < -0.3 is 14.8 Å². The maximum absolute atomic E-state index is 6.39. The van der Waals surface area contributed by atoms with Crippen LogP contribution in [0.3, 0.4) is 0 Å². The number of rotatable bonds is 3. The number of fused-ring (bicyclic) bond motifs is 1. The highest BCUT2D eigenvalue weighted by Gasteiger charge is 2.42. The second kappa shape index (κ2) is 5.05. The third-order valence-electron chi connectivity index (χ3n) is 4.89. The number of hydrogen-bond acceptors (Lipinski definition) is 3. The molecule has 1 spiro atoms. The Labute approximate surface area is 120 Å².